The normalized spacial score (nSPS) is 10.6. The van der Waals surface area contributed by atoms with E-state index in [-0.39, 0.29) is 12.2 Å². The van der Waals surface area contributed by atoms with Gasteiger partial charge in [-0.1, -0.05) is 12.1 Å². The number of ketones is 1. The van der Waals surface area contributed by atoms with Crippen molar-refractivity contribution in [2.75, 3.05) is 0 Å². The SMILES string of the molecule is CCC(=O)Cc1nc(-c2cncn2C)no1. The van der Waals surface area contributed by atoms with Crippen LogP contribution in [0.5, 0.6) is 0 Å². The molecule has 0 aliphatic carbocycles. The van der Waals surface area contributed by atoms with Crippen LogP contribution in [0.15, 0.2) is 17.0 Å². The molecule has 2 aromatic heterocycles. The Labute approximate surface area is 92.3 Å². The summed E-state index contributed by atoms with van der Waals surface area (Å²) >= 11 is 0. The van der Waals surface area contributed by atoms with E-state index in [0.717, 1.165) is 5.69 Å². The standard InChI is InChI=1S/C10H12N4O2/c1-3-7(15)4-9-12-10(13-16-9)8-5-11-6-14(8)2/h5-6H,3-4H2,1-2H3. The van der Waals surface area contributed by atoms with Gasteiger partial charge in [0.2, 0.25) is 11.7 Å². The fourth-order valence-corrected chi connectivity index (χ4v) is 1.30. The summed E-state index contributed by atoms with van der Waals surface area (Å²) in [6.07, 6.45) is 3.98. The van der Waals surface area contributed by atoms with Crippen molar-refractivity contribution in [1.29, 1.82) is 0 Å². The maximum atomic E-state index is 11.2. The van der Waals surface area contributed by atoms with Crippen molar-refractivity contribution in [1.82, 2.24) is 19.7 Å². The summed E-state index contributed by atoms with van der Waals surface area (Å²) in [6.45, 7) is 1.81. The van der Waals surface area contributed by atoms with Crippen LogP contribution >= 0.6 is 0 Å². The van der Waals surface area contributed by atoms with Gasteiger partial charge in [0.15, 0.2) is 0 Å². The fourth-order valence-electron chi connectivity index (χ4n) is 1.30. The minimum absolute atomic E-state index is 0.0835. The van der Waals surface area contributed by atoms with Crippen molar-refractivity contribution in [3.63, 3.8) is 0 Å². The van der Waals surface area contributed by atoms with Crippen LogP contribution in [0.2, 0.25) is 0 Å². The Kier molecular flexibility index (Phi) is 2.80. The molecule has 0 bridgehead atoms. The highest BCUT2D eigenvalue weighted by Gasteiger charge is 2.13. The Morgan fingerprint density at radius 3 is 3.00 bits per heavy atom. The molecule has 0 aliphatic heterocycles. The van der Waals surface area contributed by atoms with Crippen LogP contribution < -0.4 is 0 Å². The van der Waals surface area contributed by atoms with Crippen LogP contribution in [-0.2, 0) is 18.3 Å². The lowest BCUT2D eigenvalue weighted by Gasteiger charge is -1.93. The molecule has 0 N–H and O–H groups in total. The molecular weight excluding hydrogens is 208 g/mol. The van der Waals surface area contributed by atoms with Gasteiger partial charge in [-0.3, -0.25) is 4.79 Å². The summed E-state index contributed by atoms with van der Waals surface area (Å²) in [5, 5.41) is 3.81. The van der Waals surface area contributed by atoms with E-state index in [0.29, 0.717) is 18.1 Å². The quantitative estimate of drug-likeness (QED) is 0.768. The minimum Gasteiger partial charge on any atom is -0.338 e. The molecule has 0 aromatic carbocycles. The van der Waals surface area contributed by atoms with Gasteiger partial charge in [-0.25, -0.2) is 4.98 Å². The minimum atomic E-state index is 0.0835. The molecule has 2 heterocycles. The molecule has 0 unspecified atom stereocenters. The number of nitrogens with zero attached hydrogens (tertiary/aromatic N) is 4. The van der Waals surface area contributed by atoms with Crippen LogP contribution in [0.1, 0.15) is 19.2 Å². The molecule has 0 aliphatic rings. The van der Waals surface area contributed by atoms with Crippen LogP contribution in [0, 0.1) is 0 Å². The molecule has 84 valence electrons. The molecule has 0 fully saturated rings. The first kappa shape index (κ1) is 10.5. The second-order valence-corrected chi connectivity index (χ2v) is 3.47. The van der Waals surface area contributed by atoms with Gasteiger partial charge in [0.25, 0.3) is 0 Å². The van der Waals surface area contributed by atoms with E-state index < -0.39 is 0 Å². The molecular formula is C10H12N4O2. The lowest BCUT2D eigenvalue weighted by Crippen LogP contribution is -2.00. The summed E-state index contributed by atoms with van der Waals surface area (Å²) in [6, 6.07) is 0. The lowest BCUT2D eigenvalue weighted by molar-refractivity contribution is -0.118. The van der Waals surface area contributed by atoms with Crippen molar-refractivity contribution in [2.24, 2.45) is 7.05 Å². The Balaban J connectivity index is 2.20. The van der Waals surface area contributed by atoms with Crippen molar-refractivity contribution < 1.29 is 9.32 Å². The molecule has 0 spiro atoms. The van der Waals surface area contributed by atoms with Crippen LogP contribution in [0.3, 0.4) is 0 Å². The maximum absolute atomic E-state index is 11.2. The highest BCUT2D eigenvalue weighted by molar-refractivity contribution is 5.79. The number of carbonyl (C=O) groups is 1. The molecule has 2 rings (SSSR count). The second kappa shape index (κ2) is 4.26. The third-order valence-corrected chi connectivity index (χ3v) is 2.26. The Morgan fingerprint density at radius 2 is 2.38 bits per heavy atom. The molecule has 6 heteroatoms. The van der Waals surface area contributed by atoms with E-state index in [1.165, 1.54) is 0 Å². The zero-order valence-electron chi connectivity index (χ0n) is 9.17. The number of hydrogen-bond acceptors (Lipinski definition) is 5. The Morgan fingerprint density at radius 1 is 1.56 bits per heavy atom. The van der Waals surface area contributed by atoms with Gasteiger partial charge in [-0.2, -0.15) is 4.98 Å². The largest absolute Gasteiger partial charge is 0.338 e. The summed E-state index contributed by atoms with van der Waals surface area (Å²) in [4.78, 5) is 19.3. The summed E-state index contributed by atoms with van der Waals surface area (Å²) in [7, 11) is 1.84. The van der Waals surface area contributed by atoms with Gasteiger partial charge in [-0.05, 0) is 0 Å². The maximum Gasteiger partial charge on any atom is 0.234 e. The number of rotatable bonds is 4. The first-order valence-electron chi connectivity index (χ1n) is 5.01. The van der Waals surface area contributed by atoms with E-state index in [4.69, 9.17) is 4.52 Å². The number of hydrogen-bond donors (Lipinski definition) is 0. The zero-order chi connectivity index (χ0) is 11.5. The first-order valence-corrected chi connectivity index (χ1v) is 5.01. The van der Waals surface area contributed by atoms with Gasteiger partial charge < -0.3 is 9.09 Å². The predicted molar refractivity (Wildman–Crippen MR) is 55.5 cm³/mol. The van der Waals surface area contributed by atoms with Crippen molar-refractivity contribution in [3.05, 3.63) is 18.4 Å². The van der Waals surface area contributed by atoms with Crippen LogP contribution in [-0.4, -0.2) is 25.5 Å². The topological polar surface area (TPSA) is 73.8 Å². The lowest BCUT2D eigenvalue weighted by atomic mass is 10.2. The zero-order valence-corrected chi connectivity index (χ0v) is 9.17. The first-order chi connectivity index (χ1) is 7.70. The van der Waals surface area contributed by atoms with E-state index >= 15 is 0 Å². The molecule has 0 saturated carbocycles. The predicted octanol–water partition coefficient (Wildman–Crippen LogP) is 0.992. The number of Topliss-reactive ketones (excluding diaryl/α,β-unsaturated/α-hetero) is 1. The molecule has 0 atom stereocenters. The fraction of sp³-hybridized carbons (Fsp3) is 0.400. The van der Waals surface area contributed by atoms with Crippen molar-refractivity contribution in [3.8, 4) is 11.5 Å². The summed E-state index contributed by atoms with van der Waals surface area (Å²) < 4.78 is 6.78. The van der Waals surface area contributed by atoms with Crippen LogP contribution in [0.4, 0.5) is 0 Å². The highest BCUT2D eigenvalue weighted by Crippen LogP contribution is 2.14. The van der Waals surface area contributed by atoms with E-state index in [2.05, 4.69) is 15.1 Å². The van der Waals surface area contributed by atoms with Gasteiger partial charge in [0.05, 0.1) is 18.9 Å². The van der Waals surface area contributed by atoms with E-state index in [1.54, 1.807) is 24.0 Å². The number of imidazole rings is 1. The smallest absolute Gasteiger partial charge is 0.234 e. The monoisotopic (exact) mass is 220 g/mol. The van der Waals surface area contributed by atoms with Gasteiger partial charge in [-0.15, -0.1) is 0 Å². The molecule has 0 amide bonds. The average Bonchev–Trinajstić information content (AvgIpc) is 2.86. The van der Waals surface area contributed by atoms with Crippen molar-refractivity contribution >= 4 is 5.78 Å². The van der Waals surface area contributed by atoms with Gasteiger partial charge >= 0.3 is 0 Å². The Bertz CT molecular complexity index is 500. The molecule has 0 radical (unpaired) electrons. The summed E-state index contributed by atoms with van der Waals surface area (Å²) in [5.74, 6) is 0.891. The molecule has 0 saturated heterocycles. The highest BCUT2D eigenvalue weighted by atomic mass is 16.5. The third-order valence-electron chi connectivity index (χ3n) is 2.26. The van der Waals surface area contributed by atoms with Crippen molar-refractivity contribution in [2.45, 2.75) is 19.8 Å². The Hall–Kier alpha value is -1.98. The molecule has 2 aromatic rings. The number of aryl methyl sites for hydroxylation is 1. The summed E-state index contributed by atoms with van der Waals surface area (Å²) in [5.41, 5.74) is 0.763. The van der Waals surface area contributed by atoms with Gasteiger partial charge in [0, 0.05) is 13.5 Å². The number of aromatic nitrogens is 4. The molecule has 16 heavy (non-hydrogen) atoms. The molecule has 6 nitrogen and oxygen atoms in total. The third kappa shape index (κ3) is 2.00. The van der Waals surface area contributed by atoms with Crippen LogP contribution in [0.25, 0.3) is 11.5 Å². The number of carbonyl (C=O) groups excluding carboxylic acids is 1. The average molecular weight is 220 g/mol. The second-order valence-electron chi connectivity index (χ2n) is 3.47. The van der Waals surface area contributed by atoms with Gasteiger partial charge in [0.1, 0.15) is 11.5 Å². The van der Waals surface area contributed by atoms with E-state index in [1.807, 2.05) is 7.05 Å². The van der Waals surface area contributed by atoms with E-state index in [9.17, 15) is 4.79 Å².